The van der Waals surface area contributed by atoms with Crippen molar-refractivity contribution < 1.29 is 23.9 Å². The molecule has 1 atom stereocenters. The molecule has 10 nitrogen and oxygen atoms in total. The Morgan fingerprint density at radius 2 is 1.68 bits per heavy atom. The Bertz CT molecular complexity index is 1150. The Balaban J connectivity index is 1.23. The van der Waals surface area contributed by atoms with Crippen LogP contribution in [0.25, 0.3) is 0 Å². The highest BCUT2D eigenvalue weighted by Crippen LogP contribution is 2.34. The van der Waals surface area contributed by atoms with Crippen LogP contribution in [0.4, 0.5) is 15.3 Å². The Labute approximate surface area is 235 Å². The van der Waals surface area contributed by atoms with Gasteiger partial charge in [-0.1, -0.05) is 55.5 Å². The topological polar surface area (TPSA) is 120 Å². The van der Waals surface area contributed by atoms with E-state index in [1.807, 2.05) is 67.6 Å². The van der Waals surface area contributed by atoms with E-state index in [-0.39, 0.29) is 24.5 Å². The molecule has 3 N–H and O–H groups in total. The monoisotopic (exact) mass is 549 g/mol. The molecule has 10 heteroatoms. The highest BCUT2D eigenvalue weighted by molar-refractivity contribution is 6.00. The molecule has 0 aliphatic carbocycles. The SMILES string of the molecule is CCCN1C(=O)[C@H](CCCCNC(=O)OCc2ccccc2)NC(=O)C12CCN(C(=O)Nc1ccccc1)CC2. The van der Waals surface area contributed by atoms with Crippen LogP contribution >= 0.6 is 0 Å². The molecule has 2 aliphatic heterocycles. The summed E-state index contributed by atoms with van der Waals surface area (Å²) in [4.78, 5) is 55.1. The number of nitrogens with one attached hydrogen (secondary N) is 3. The molecule has 2 aliphatic rings. The molecule has 2 fully saturated rings. The third-order valence-corrected chi connectivity index (χ3v) is 7.56. The third kappa shape index (κ3) is 7.11. The summed E-state index contributed by atoms with van der Waals surface area (Å²) in [7, 11) is 0. The van der Waals surface area contributed by atoms with E-state index in [4.69, 9.17) is 4.74 Å². The predicted molar refractivity (Wildman–Crippen MR) is 151 cm³/mol. The van der Waals surface area contributed by atoms with Crippen LogP contribution in [0.3, 0.4) is 0 Å². The van der Waals surface area contributed by atoms with Crippen LogP contribution in [0, 0.1) is 0 Å². The van der Waals surface area contributed by atoms with E-state index < -0.39 is 17.7 Å². The van der Waals surface area contributed by atoms with Crippen molar-refractivity contribution in [2.24, 2.45) is 0 Å². The molecule has 2 saturated heterocycles. The first-order chi connectivity index (χ1) is 19.4. The van der Waals surface area contributed by atoms with Crippen LogP contribution in [0.1, 0.15) is 51.0 Å². The van der Waals surface area contributed by atoms with Crippen LogP contribution in [-0.2, 0) is 20.9 Å². The minimum absolute atomic E-state index is 0.0705. The Kier molecular flexibility index (Phi) is 9.99. The van der Waals surface area contributed by atoms with Crippen molar-refractivity contribution in [1.82, 2.24) is 20.4 Å². The predicted octanol–water partition coefficient (Wildman–Crippen LogP) is 3.89. The Morgan fingerprint density at radius 1 is 1.00 bits per heavy atom. The van der Waals surface area contributed by atoms with Gasteiger partial charge in [-0.3, -0.25) is 9.59 Å². The number of piperazine rings is 1. The van der Waals surface area contributed by atoms with Gasteiger partial charge in [-0.05, 0) is 56.2 Å². The first-order valence-electron chi connectivity index (χ1n) is 14.1. The maximum Gasteiger partial charge on any atom is 0.407 e. The van der Waals surface area contributed by atoms with Gasteiger partial charge in [0, 0.05) is 31.9 Å². The number of para-hydroxylation sites is 1. The Hall–Kier alpha value is -4.08. The van der Waals surface area contributed by atoms with E-state index in [1.54, 1.807) is 9.80 Å². The molecule has 2 heterocycles. The molecule has 40 heavy (non-hydrogen) atoms. The molecule has 2 aromatic rings. The summed E-state index contributed by atoms with van der Waals surface area (Å²) in [5.41, 5.74) is 0.699. The van der Waals surface area contributed by atoms with Crippen molar-refractivity contribution in [3.63, 3.8) is 0 Å². The number of nitrogens with zero attached hydrogens (tertiary/aromatic N) is 2. The number of benzene rings is 2. The number of unbranched alkanes of at least 4 members (excludes halogenated alkanes) is 1. The maximum atomic E-state index is 13.5. The summed E-state index contributed by atoms with van der Waals surface area (Å²) >= 11 is 0. The van der Waals surface area contributed by atoms with Gasteiger partial charge < -0.3 is 30.5 Å². The largest absolute Gasteiger partial charge is 0.445 e. The number of urea groups is 1. The van der Waals surface area contributed by atoms with E-state index in [0.717, 1.165) is 12.0 Å². The number of likely N-dealkylation sites (tertiary alicyclic amines) is 1. The van der Waals surface area contributed by atoms with Gasteiger partial charge in [0.2, 0.25) is 11.8 Å². The molecule has 0 radical (unpaired) electrons. The number of carbonyl (C=O) groups excluding carboxylic acids is 4. The van der Waals surface area contributed by atoms with E-state index in [2.05, 4.69) is 16.0 Å². The lowest BCUT2D eigenvalue weighted by Gasteiger charge is -2.51. The average molecular weight is 550 g/mol. The number of hydrogen-bond donors (Lipinski definition) is 3. The Morgan fingerprint density at radius 3 is 2.35 bits per heavy atom. The van der Waals surface area contributed by atoms with Crippen LogP contribution in [-0.4, -0.2) is 71.5 Å². The molecule has 2 aromatic carbocycles. The van der Waals surface area contributed by atoms with Crippen molar-refractivity contribution in [1.29, 1.82) is 0 Å². The lowest BCUT2D eigenvalue weighted by Crippen LogP contribution is -2.73. The van der Waals surface area contributed by atoms with Gasteiger partial charge in [0.1, 0.15) is 18.2 Å². The summed E-state index contributed by atoms with van der Waals surface area (Å²) in [5.74, 6) is -0.213. The number of amides is 5. The number of hydrogen-bond acceptors (Lipinski definition) is 5. The summed E-state index contributed by atoms with van der Waals surface area (Å²) in [6, 6.07) is 17.9. The van der Waals surface area contributed by atoms with Crippen LogP contribution in [0.2, 0.25) is 0 Å². The molecular formula is C30H39N5O5. The lowest BCUT2D eigenvalue weighted by molar-refractivity contribution is -0.160. The van der Waals surface area contributed by atoms with Crippen molar-refractivity contribution in [2.75, 3.05) is 31.5 Å². The van der Waals surface area contributed by atoms with E-state index in [1.165, 1.54) is 0 Å². The molecule has 1 spiro atoms. The zero-order valence-electron chi connectivity index (χ0n) is 23.1. The molecule has 0 unspecified atom stereocenters. The molecular weight excluding hydrogens is 510 g/mol. The van der Waals surface area contributed by atoms with Gasteiger partial charge in [-0.15, -0.1) is 0 Å². The maximum absolute atomic E-state index is 13.5. The highest BCUT2D eigenvalue weighted by Gasteiger charge is 2.53. The first-order valence-corrected chi connectivity index (χ1v) is 14.1. The number of anilines is 1. The second-order valence-corrected chi connectivity index (χ2v) is 10.3. The standard InChI is InChI=1S/C30H39N5O5/c1-2-19-35-26(36)25(15-9-10-18-31-29(39)40-22-23-11-5-3-6-12-23)33-27(37)30(35)16-20-34(21-17-30)28(38)32-24-13-7-4-8-14-24/h3-8,11-14,25H,2,9-10,15-22H2,1H3,(H,31,39)(H,32,38)(H,33,37)/t25-/m0/s1. The number of alkyl carbamates (subject to hydrolysis) is 1. The average Bonchev–Trinajstić information content (AvgIpc) is 2.98. The van der Waals surface area contributed by atoms with Gasteiger partial charge >= 0.3 is 12.1 Å². The van der Waals surface area contributed by atoms with Crippen molar-refractivity contribution in [3.8, 4) is 0 Å². The van der Waals surface area contributed by atoms with Gasteiger partial charge in [0.15, 0.2) is 0 Å². The number of carbonyl (C=O) groups is 4. The minimum atomic E-state index is -0.933. The quantitative estimate of drug-likeness (QED) is 0.389. The van der Waals surface area contributed by atoms with E-state index in [9.17, 15) is 19.2 Å². The molecule has 5 amide bonds. The third-order valence-electron chi connectivity index (χ3n) is 7.56. The number of ether oxygens (including phenoxy) is 1. The molecule has 0 saturated carbocycles. The van der Waals surface area contributed by atoms with Gasteiger partial charge in [-0.25, -0.2) is 9.59 Å². The van der Waals surface area contributed by atoms with Crippen LogP contribution in [0.15, 0.2) is 60.7 Å². The molecule has 4 rings (SSSR count). The first kappa shape index (κ1) is 28.9. The van der Waals surface area contributed by atoms with Crippen LogP contribution in [0.5, 0.6) is 0 Å². The molecule has 0 bridgehead atoms. The normalized spacial score (nSPS) is 18.3. The molecule has 0 aromatic heterocycles. The second kappa shape index (κ2) is 13.8. The summed E-state index contributed by atoms with van der Waals surface area (Å²) in [5, 5.41) is 8.60. The summed E-state index contributed by atoms with van der Waals surface area (Å²) < 4.78 is 5.22. The van der Waals surface area contributed by atoms with Gasteiger partial charge in [0.25, 0.3) is 0 Å². The zero-order valence-corrected chi connectivity index (χ0v) is 23.1. The number of piperidine rings is 1. The zero-order chi connectivity index (χ0) is 28.4. The van der Waals surface area contributed by atoms with Gasteiger partial charge in [0.05, 0.1) is 0 Å². The van der Waals surface area contributed by atoms with E-state index in [0.29, 0.717) is 64.0 Å². The minimum Gasteiger partial charge on any atom is -0.445 e. The second-order valence-electron chi connectivity index (χ2n) is 10.3. The van der Waals surface area contributed by atoms with E-state index >= 15 is 0 Å². The summed E-state index contributed by atoms with van der Waals surface area (Å²) in [6.07, 6.45) is 2.86. The van der Waals surface area contributed by atoms with Crippen molar-refractivity contribution >= 4 is 29.6 Å². The lowest BCUT2D eigenvalue weighted by atomic mass is 9.81. The fourth-order valence-corrected chi connectivity index (χ4v) is 5.36. The van der Waals surface area contributed by atoms with Crippen molar-refractivity contribution in [2.45, 2.75) is 63.6 Å². The fourth-order valence-electron chi connectivity index (χ4n) is 5.36. The fraction of sp³-hybridized carbons (Fsp3) is 0.467. The van der Waals surface area contributed by atoms with Crippen LogP contribution < -0.4 is 16.0 Å². The summed E-state index contributed by atoms with van der Waals surface area (Å²) in [6.45, 7) is 3.89. The molecule has 214 valence electrons. The van der Waals surface area contributed by atoms with Crippen molar-refractivity contribution in [3.05, 3.63) is 66.2 Å². The smallest absolute Gasteiger partial charge is 0.407 e. The van der Waals surface area contributed by atoms with Gasteiger partial charge in [-0.2, -0.15) is 0 Å². The number of rotatable bonds is 10. The highest BCUT2D eigenvalue weighted by atomic mass is 16.5.